The molecule has 1 aliphatic rings. The van der Waals surface area contributed by atoms with Gasteiger partial charge in [-0.2, -0.15) is 0 Å². The molecule has 0 saturated carbocycles. The Morgan fingerprint density at radius 2 is 2.37 bits per heavy atom. The lowest BCUT2D eigenvalue weighted by Gasteiger charge is -2.29. The number of piperidine rings is 1. The van der Waals surface area contributed by atoms with E-state index in [0.717, 1.165) is 19.5 Å². The zero-order valence-electron chi connectivity index (χ0n) is 11.5. The Bertz CT molecular complexity index is 488. The van der Waals surface area contributed by atoms with Crippen LogP contribution in [0.4, 0.5) is 5.82 Å². The molecule has 0 aliphatic carbocycles. The summed E-state index contributed by atoms with van der Waals surface area (Å²) in [7, 11) is 2.16. The molecule has 1 aromatic heterocycles. The van der Waals surface area contributed by atoms with E-state index in [-0.39, 0.29) is 10.6 Å². The zero-order chi connectivity index (χ0) is 13.8. The number of hydrogen-bond donors (Lipinski definition) is 2. The molecule has 1 aromatic rings. The van der Waals surface area contributed by atoms with Crippen molar-refractivity contribution in [2.45, 2.75) is 26.2 Å². The third kappa shape index (κ3) is 3.94. The number of halogens is 1. The summed E-state index contributed by atoms with van der Waals surface area (Å²) in [5.41, 5.74) is -0.283. The Morgan fingerprint density at radius 3 is 3.11 bits per heavy atom. The van der Waals surface area contributed by atoms with Gasteiger partial charge in [0.05, 0.1) is 0 Å². The van der Waals surface area contributed by atoms with Crippen LogP contribution in [0.3, 0.4) is 0 Å². The van der Waals surface area contributed by atoms with E-state index in [1.54, 1.807) is 6.92 Å². The Labute approximate surface area is 118 Å². The van der Waals surface area contributed by atoms with Crippen LogP contribution in [0.25, 0.3) is 0 Å². The van der Waals surface area contributed by atoms with Crippen LogP contribution in [0, 0.1) is 12.8 Å². The Kier molecular flexibility index (Phi) is 4.82. The highest BCUT2D eigenvalue weighted by Gasteiger charge is 2.17. The molecule has 5 nitrogen and oxygen atoms in total. The fourth-order valence-corrected chi connectivity index (χ4v) is 2.75. The molecule has 0 amide bonds. The molecular weight excluding hydrogens is 264 g/mol. The third-order valence-electron chi connectivity index (χ3n) is 3.55. The van der Waals surface area contributed by atoms with Gasteiger partial charge in [-0.05, 0) is 45.7 Å². The van der Waals surface area contributed by atoms with E-state index in [9.17, 15) is 4.79 Å². The number of rotatable bonds is 4. The van der Waals surface area contributed by atoms with E-state index in [1.165, 1.54) is 19.4 Å². The number of H-pyrrole nitrogens is 1. The van der Waals surface area contributed by atoms with Gasteiger partial charge in [0.25, 0.3) is 5.56 Å². The van der Waals surface area contributed by atoms with Gasteiger partial charge in [0.2, 0.25) is 0 Å². The minimum absolute atomic E-state index is 0.145. The molecule has 19 heavy (non-hydrogen) atoms. The molecule has 2 rings (SSSR count). The fraction of sp³-hybridized carbons (Fsp3) is 0.692. The van der Waals surface area contributed by atoms with Crippen molar-refractivity contribution in [3.05, 3.63) is 21.2 Å². The number of aromatic nitrogens is 2. The number of aryl methyl sites for hydroxylation is 1. The molecular formula is C13H21ClN4O. The van der Waals surface area contributed by atoms with Gasteiger partial charge in [-0.15, -0.1) is 0 Å². The molecule has 0 radical (unpaired) electrons. The number of hydrogen-bond acceptors (Lipinski definition) is 4. The standard InChI is InChI=1S/C13H21ClN4O/c1-9-16-12(11(14)13(19)17-9)15-6-5-10-4-3-7-18(2)8-10/h10H,3-8H2,1-2H3,(H2,15,16,17,19)/t10-/m1/s1. The second-order valence-corrected chi connectivity index (χ2v) is 5.68. The SMILES string of the molecule is Cc1nc(NCC[C@H]2CCCN(C)C2)c(Cl)c(=O)[nH]1. The third-order valence-corrected chi connectivity index (χ3v) is 3.90. The van der Waals surface area contributed by atoms with Crippen molar-refractivity contribution in [3.8, 4) is 0 Å². The quantitative estimate of drug-likeness (QED) is 0.886. The van der Waals surface area contributed by atoms with E-state index >= 15 is 0 Å². The smallest absolute Gasteiger partial charge is 0.271 e. The van der Waals surface area contributed by atoms with Crippen molar-refractivity contribution in [1.29, 1.82) is 0 Å². The number of nitrogens with one attached hydrogen (secondary N) is 2. The molecule has 1 atom stereocenters. The van der Waals surface area contributed by atoms with Crippen molar-refractivity contribution in [3.63, 3.8) is 0 Å². The molecule has 0 unspecified atom stereocenters. The molecule has 2 heterocycles. The van der Waals surface area contributed by atoms with E-state index in [4.69, 9.17) is 11.6 Å². The van der Waals surface area contributed by atoms with Gasteiger partial charge < -0.3 is 15.2 Å². The van der Waals surface area contributed by atoms with Crippen LogP contribution in [0.2, 0.25) is 5.02 Å². The van der Waals surface area contributed by atoms with Gasteiger partial charge in [0, 0.05) is 13.1 Å². The van der Waals surface area contributed by atoms with Crippen molar-refractivity contribution in [2.24, 2.45) is 5.92 Å². The van der Waals surface area contributed by atoms with Crippen LogP contribution in [0.5, 0.6) is 0 Å². The lowest BCUT2D eigenvalue weighted by Crippen LogP contribution is -2.33. The highest BCUT2D eigenvalue weighted by molar-refractivity contribution is 6.32. The van der Waals surface area contributed by atoms with Gasteiger partial charge in [0.1, 0.15) is 10.8 Å². The van der Waals surface area contributed by atoms with Crippen LogP contribution in [0.15, 0.2) is 4.79 Å². The van der Waals surface area contributed by atoms with Crippen LogP contribution in [0.1, 0.15) is 25.1 Å². The second kappa shape index (κ2) is 6.39. The maximum Gasteiger partial charge on any atom is 0.271 e. The van der Waals surface area contributed by atoms with Gasteiger partial charge in [-0.1, -0.05) is 11.6 Å². The number of aromatic amines is 1. The molecule has 106 valence electrons. The van der Waals surface area contributed by atoms with Crippen molar-refractivity contribution in [1.82, 2.24) is 14.9 Å². The summed E-state index contributed by atoms with van der Waals surface area (Å²) in [6.45, 7) is 4.90. The summed E-state index contributed by atoms with van der Waals surface area (Å²) in [4.78, 5) is 20.7. The number of nitrogens with zero attached hydrogens (tertiary/aromatic N) is 2. The Hall–Kier alpha value is -1.07. The predicted octanol–water partition coefficient (Wildman–Crippen LogP) is 1.88. The number of anilines is 1. The largest absolute Gasteiger partial charge is 0.369 e. The first-order valence-corrected chi connectivity index (χ1v) is 7.13. The van der Waals surface area contributed by atoms with Gasteiger partial charge >= 0.3 is 0 Å². The van der Waals surface area contributed by atoms with Crippen LogP contribution < -0.4 is 10.9 Å². The average Bonchev–Trinajstić information content (AvgIpc) is 2.35. The first kappa shape index (κ1) is 14.3. The van der Waals surface area contributed by atoms with E-state index in [0.29, 0.717) is 17.6 Å². The van der Waals surface area contributed by atoms with Crippen molar-refractivity contribution >= 4 is 17.4 Å². The van der Waals surface area contributed by atoms with E-state index in [1.807, 2.05) is 0 Å². The second-order valence-electron chi connectivity index (χ2n) is 5.30. The molecule has 1 fully saturated rings. The van der Waals surface area contributed by atoms with Gasteiger partial charge in [0.15, 0.2) is 5.82 Å². The van der Waals surface area contributed by atoms with Gasteiger partial charge in [-0.3, -0.25) is 4.79 Å². The molecule has 1 aliphatic heterocycles. The maximum absolute atomic E-state index is 11.5. The monoisotopic (exact) mass is 284 g/mol. The topological polar surface area (TPSA) is 61.0 Å². The first-order chi connectivity index (χ1) is 9.06. The summed E-state index contributed by atoms with van der Waals surface area (Å²) in [5, 5.41) is 3.32. The minimum atomic E-state index is -0.283. The highest BCUT2D eigenvalue weighted by atomic mass is 35.5. The molecule has 2 N–H and O–H groups in total. The maximum atomic E-state index is 11.5. The number of likely N-dealkylation sites (tertiary alicyclic amines) is 1. The normalized spacial score (nSPS) is 20.5. The lowest BCUT2D eigenvalue weighted by molar-refractivity contribution is 0.205. The summed E-state index contributed by atoms with van der Waals surface area (Å²) in [5.74, 6) is 1.79. The molecule has 0 aromatic carbocycles. The van der Waals surface area contributed by atoms with Crippen LogP contribution in [-0.2, 0) is 0 Å². The summed E-state index contributed by atoms with van der Waals surface area (Å²) < 4.78 is 0. The molecule has 6 heteroatoms. The molecule has 0 spiro atoms. The van der Waals surface area contributed by atoms with Crippen LogP contribution in [-0.4, -0.2) is 41.5 Å². The Morgan fingerprint density at radius 1 is 1.58 bits per heavy atom. The van der Waals surface area contributed by atoms with Gasteiger partial charge in [-0.25, -0.2) is 4.98 Å². The molecule has 0 bridgehead atoms. The average molecular weight is 285 g/mol. The summed E-state index contributed by atoms with van der Waals surface area (Å²) in [6.07, 6.45) is 3.63. The van der Waals surface area contributed by atoms with Crippen molar-refractivity contribution in [2.75, 3.05) is 32.0 Å². The van der Waals surface area contributed by atoms with E-state index < -0.39 is 0 Å². The van der Waals surface area contributed by atoms with Crippen LogP contribution >= 0.6 is 11.6 Å². The van der Waals surface area contributed by atoms with E-state index in [2.05, 4.69) is 27.2 Å². The zero-order valence-corrected chi connectivity index (χ0v) is 12.3. The van der Waals surface area contributed by atoms with Crippen molar-refractivity contribution < 1.29 is 0 Å². The predicted molar refractivity (Wildman–Crippen MR) is 77.9 cm³/mol. The summed E-state index contributed by atoms with van der Waals surface area (Å²) >= 11 is 5.93. The lowest BCUT2D eigenvalue weighted by atomic mass is 9.95. The fourth-order valence-electron chi connectivity index (χ4n) is 2.59. The minimum Gasteiger partial charge on any atom is -0.369 e. The molecule has 1 saturated heterocycles. The summed E-state index contributed by atoms with van der Waals surface area (Å²) in [6, 6.07) is 0. The highest BCUT2D eigenvalue weighted by Crippen LogP contribution is 2.19. The Balaban J connectivity index is 1.87. The first-order valence-electron chi connectivity index (χ1n) is 6.75.